The third-order valence-electron chi connectivity index (χ3n) is 4.42. The Morgan fingerprint density at radius 2 is 1.17 bits per heavy atom. The first-order valence-corrected chi connectivity index (χ1v) is 8.09. The van der Waals surface area contributed by atoms with Gasteiger partial charge >= 0.3 is 0 Å². The van der Waals surface area contributed by atoms with Gasteiger partial charge in [0.15, 0.2) is 0 Å². The van der Waals surface area contributed by atoms with Crippen LogP contribution in [0.2, 0.25) is 0 Å². The van der Waals surface area contributed by atoms with Gasteiger partial charge in [-0.25, -0.2) is 0 Å². The molecule has 0 aromatic carbocycles. The van der Waals surface area contributed by atoms with Crippen molar-refractivity contribution in [3.05, 3.63) is 0 Å². The van der Waals surface area contributed by atoms with Crippen molar-refractivity contribution in [2.45, 2.75) is 104 Å². The van der Waals surface area contributed by atoms with Crippen molar-refractivity contribution in [3.63, 3.8) is 0 Å². The van der Waals surface area contributed by atoms with Crippen molar-refractivity contribution in [1.29, 1.82) is 0 Å². The molecule has 1 unspecified atom stereocenters. The smallest absolute Gasteiger partial charge is 0.0693 e. The lowest BCUT2D eigenvalue weighted by molar-refractivity contribution is -0.0690. The van der Waals surface area contributed by atoms with Gasteiger partial charge < -0.3 is 5.11 Å². The summed E-state index contributed by atoms with van der Waals surface area (Å²) in [6, 6.07) is 0. The fraction of sp³-hybridized carbons (Fsp3) is 1.00. The van der Waals surface area contributed by atoms with Gasteiger partial charge in [0.2, 0.25) is 0 Å². The summed E-state index contributed by atoms with van der Waals surface area (Å²) in [6.07, 6.45) is 12.5. The number of rotatable bonds is 10. The fourth-order valence-corrected chi connectivity index (χ4v) is 2.63. The topological polar surface area (TPSA) is 20.2 Å². The molecule has 0 saturated heterocycles. The highest BCUT2D eigenvalue weighted by atomic mass is 16.3. The Hall–Kier alpha value is -0.0400. The molecule has 18 heavy (non-hydrogen) atoms. The summed E-state index contributed by atoms with van der Waals surface area (Å²) in [4.78, 5) is 0. The van der Waals surface area contributed by atoms with Gasteiger partial charge in [-0.3, -0.25) is 0 Å². The average Bonchev–Trinajstić information content (AvgIpc) is 2.30. The normalized spacial score (nSPS) is 15.7. The van der Waals surface area contributed by atoms with Gasteiger partial charge in [-0.2, -0.15) is 0 Å². The van der Waals surface area contributed by atoms with E-state index in [1.165, 1.54) is 51.4 Å². The molecule has 1 atom stereocenters. The molecule has 110 valence electrons. The largest absolute Gasteiger partial charge is 0.389 e. The number of aliphatic hydroxyl groups is 1. The molecule has 0 radical (unpaired) electrons. The second-order valence-corrected chi connectivity index (χ2v) is 6.86. The number of hydrogen-bond acceptors (Lipinski definition) is 1. The van der Waals surface area contributed by atoms with Gasteiger partial charge in [-0.1, -0.05) is 86.0 Å². The molecule has 0 bridgehead atoms. The third kappa shape index (κ3) is 6.78. The average molecular weight is 256 g/mol. The predicted octanol–water partition coefficient (Wildman–Crippen LogP) is 5.70. The zero-order valence-electron chi connectivity index (χ0n) is 13.5. The highest BCUT2D eigenvalue weighted by Crippen LogP contribution is 2.37. The second-order valence-electron chi connectivity index (χ2n) is 6.86. The Morgan fingerprint density at radius 3 is 1.56 bits per heavy atom. The van der Waals surface area contributed by atoms with E-state index in [9.17, 15) is 5.11 Å². The van der Waals surface area contributed by atoms with E-state index in [1.807, 2.05) is 0 Å². The molecule has 0 aromatic heterocycles. The summed E-state index contributed by atoms with van der Waals surface area (Å²) in [7, 11) is 0. The summed E-state index contributed by atoms with van der Waals surface area (Å²) in [5, 5.41) is 10.6. The molecule has 0 aliphatic carbocycles. The Morgan fingerprint density at radius 1 is 0.722 bits per heavy atom. The fourth-order valence-electron chi connectivity index (χ4n) is 2.63. The first-order valence-electron chi connectivity index (χ1n) is 8.09. The molecule has 1 heteroatoms. The minimum absolute atomic E-state index is 0.00285. The maximum Gasteiger partial charge on any atom is 0.0693 e. The van der Waals surface area contributed by atoms with E-state index < -0.39 is 5.60 Å². The van der Waals surface area contributed by atoms with Crippen LogP contribution in [0.5, 0.6) is 0 Å². The first kappa shape index (κ1) is 18.0. The Labute approximate surface area is 115 Å². The van der Waals surface area contributed by atoms with Crippen molar-refractivity contribution in [1.82, 2.24) is 0 Å². The van der Waals surface area contributed by atoms with Crippen LogP contribution in [0.25, 0.3) is 0 Å². The molecule has 0 saturated carbocycles. The quantitative estimate of drug-likeness (QED) is 0.497. The lowest BCUT2D eigenvalue weighted by Gasteiger charge is -2.40. The molecule has 0 rings (SSSR count). The zero-order valence-corrected chi connectivity index (χ0v) is 13.5. The van der Waals surface area contributed by atoms with Crippen molar-refractivity contribution in [2.75, 3.05) is 0 Å². The van der Waals surface area contributed by atoms with Gasteiger partial charge in [0.25, 0.3) is 0 Å². The van der Waals surface area contributed by atoms with E-state index in [0.29, 0.717) is 0 Å². The molecular formula is C17H36O. The van der Waals surface area contributed by atoms with Gasteiger partial charge in [0.1, 0.15) is 0 Å². The summed E-state index contributed by atoms with van der Waals surface area (Å²) in [5.41, 5.74) is -0.474. The van der Waals surface area contributed by atoms with Crippen LogP contribution in [-0.4, -0.2) is 10.7 Å². The molecule has 0 aromatic rings. The molecule has 1 nitrogen and oxygen atoms in total. The van der Waals surface area contributed by atoms with Gasteiger partial charge in [-0.05, 0) is 18.3 Å². The molecule has 0 aliphatic heterocycles. The van der Waals surface area contributed by atoms with Crippen molar-refractivity contribution < 1.29 is 5.11 Å². The highest BCUT2D eigenvalue weighted by Gasteiger charge is 2.37. The lowest BCUT2D eigenvalue weighted by atomic mass is 9.72. The molecule has 0 heterocycles. The Bertz CT molecular complexity index is 192. The van der Waals surface area contributed by atoms with Crippen LogP contribution in [0.1, 0.15) is 98.8 Å². The Kier molecular flexibility index (Phi) is 8.94. The number of unbranched alkanes of at least 4 members (excludes halogenated alkanes) is 7. The van der Waals surface area contributed by atoms with Crippen LogP contribution >= 0.6 is 0 Å². The van der Waals surface area contributed by atoms with E-state index in [0.717, 1.165) is 12.8 Å². The van der Waals surface area contributed by atoms with E-state index in [1.54, 1.807) is 0 Å². The van der Waals surface area contributed by atoms with Crippen molar-refractivity contribution in [3.8, 4) is 0 Å². The Balaban J connectivity index is 3.64. The van der Waals surface area contributed by atoms with E-state index in [4.69, 9.17) is 0 Å². The minimum Gasteiger partial charge on any atom is -0.389 e. The van der Waals surface area contributed by atoms with Crippen LogP contribution in [0, 0.1) is 5.41 Å². The summed E-state index contributed by atoms with van der Waals surface area (Å²) < 4.78 is 0. The van der Waals surface area contributed by atoms with E-state index >= 15 is 0 Å². The summed E-state index contributed by atoms with van der Waals surface area (Å²) >= 11 is 0. The van der Waals surface area contributed by atoms with Crippen LogP contribution in [0.4, 0.5) is 0 Å². The zero-order chi connectivity index (χ0) is 14.1. The maximum atomic E-state index is 10.6. The van der Waals surface area contributed by atoms with E-state index in [2.05, 4.69) is 34.6 Å². The third-order valence-corrected chi connectivity index (χ3v) is 4.42. The molecule has 1 N–H and O–H groups in total. The molecule has 0 spiro atoms. The molecule has 0 aliphatic rings. The summed E-state index contributed by atoms with van der Waals surface area (Å²) in [5.74, 6) is 0. The SMILES string of the molecule is CCCCCCCCCCC(O)(CC)C(C)(C)C. The van der Waals surface area contributed by atoms with Crippen LogP contribution in [-0.2, 0) is 0 Å². The van der Waals surface area contributed by atoms with E-state index in [-0.39, 0.29) is 5.41 Å². The first-order chi connectivity index (χ1) is 8.37. The number of hydrogen-bond donors (Lipinski definition) is 1. The second kappa shape index (κ2) is 8.96. The van der Waals surface area contributed by atoms with Crippen LogP contribution in [0.3, 0.4) is 0 Å². The molecular weight excluding hydrogens is 220 g/mol. The van der Waals surface area contributed by atoms with Gasteiger partial charge in [0, 0.05) is 0 Å². The molecule has 0 fully saturated rings. The summed E-state index contributed by atoms with van der Waals surface area (Å²) in [6.45, 7) is 10.8. The van der Waals surface area contributed by atoms with Gasteiger partial charge in [0.05, 0.1) is 5.60 Å². The van der Waals surface area contributed by atoms with Crippen LogP contribution < -0.4 is 0 Å². The minimum atomic E-state index is -0.477. The standard InChI is InChI=1S/C17H36O/c1-6-8-9-10-11-12-13-14-15-17(18,7-2)16(3,4)5/h18H,6-15H2,1-5H3. The highest BCUT2D eigenvalue weighted by molar-refractivity contribution is 4.89. The monoisotopic (exact) mass is 256 g/mol. The van der Waals surface area contributed by atoms with Gasteiger partial charge in [-0.15, -0.1) is 0 Å². The van der Waals surface area contributed by atoms with Crippen molar-refractivity contribution >= 4 is 0 Å². The molecule has 0 amide bonds. The van der Waals surface area contributed by atoms with Crippen molar-refractivity contribution in [2.24, 2.45) is 5.41 Å². The maximum absolute atomic E-state index is 10.6. The van der Waals surface area contributed by atoms with Crippen LogP contribution in [0.15, 0.2) is 0 Å². The lowest BCUT2D eigenvalue weighted by Crippen LogP contribution is -2.42. The predicted molar refractivity (Wildman–Crippen MR) is 81.9 cm³/mol.